The number of nitroso groups, excluding NO2 is 1. The van der Waals surface area contributed by atoms with E-state index < -0.39 is 17.7 Å². The first-order valence-electron chi connectivity index (χ1n) is 3.12. The van der Waals surface area contributed by atoms with Crippen LogP contribution in [0.4, 0.5) is 0 Å². The summed E-state index contributed by atoms with van der Waals surface area (Å²) >= 11 is 1.77. The van der Waals surface area contributed by atoms with Crippen LogP contribution in [0, 0.1) is 4.91 Å². The summed E-state index contributed by atoms with van der Waals surface area (Å²) in [5.41, 5.74) is 0.477. The van der Waals surface area contributed by atoms with Crippen LogP contribution >= 0.6 is 22.6 Å². The molecule has 0 saturated carbocycles. The maximum Gasteiger partial charge on any atom is 0.260 e. The summed E-state index contributed by atoms with van der Waals surface area (Å²) in [7, 11) is 0. The van der Waals surface area contributed by atoms with Gasteiger partial charge in [0, 0.05) is 5.70 Å². The molecule has 0 saturated heterocycles. The van der Waals surface area contributed by atoms with Gasteiger partial charge in [-0.2, -0.15) is 0 Å². The van der Waals surface area contributed by atoms with Gasteiger partial charge in [-0.25, -0.2) is 0 Å². The molecule has 1 heterocycles. The molecule has 1 unspecified atom stereocenters. The molecule has 0 bridgehead atoms. The molecule has 6 heteroatoms. The van der Waals surface area contributed by atoms with Gasteiger partial charge >= 0.3 is 0 Å². The molecule has 0 aromatic heterocycles. The average Bonchev–Trinajstić information content (AvgIpc) is 2.01. The number of rotatable bonds is 1. The van der Waals surface area contributed by atoms with Crippen LogP contribution in [-0.2, 0) is 9.59 Å². The Morgan fingerprint density at radius 2 is 2.08 bits per heavy atom. The average molecular weight is 280 g/mol. The summed E-state index contributed by atoms with van der Waals surface area (Å²) in [5.74, 6) is -1.17. The zero-order valence-corrected chi connectivity index (χ0v) is 8.28. The smallest absolute Gasteiger partial charge is 0.260 e. The van der Waals surface area contributed by atoms with Gasteiger partial charge in [-0.3, -0.25) is 9.59 Å². The number of Topliss-reactive ketones (excluding diaryl/α,β-unsaturated/α-hetero) is 1. The van der Waals surface area contributed by atoms with Crippen LogP contribution in [0.15, 0.2) is 14.5 Å². The Hall–Kier alpha value is -0.790. The minimum absolute atomic E-state index is 0.358. The number of nitrogens with one attached hydrogen (secondary N) is 1. The maximum absolute atomic E-state index is 11.2. The van der Waals surface area contributed by atoms with Crippen molar-refractivity contribution in [3.63, 3.8) is 0 Å². The molecule has 0 aromatic carbocycles. The van der Waals surface area contributed by atoms with Crippen molar-refractivity contribution in [1.82, 2.24) is 5.32 Å². The lowest BCUT2D eigenvalue weighted by molar-refractivity contribution is -0.128. The highest BCUT2D eigenvalue weighted by atomic mass is 127. The second-order valence-corrected chi connectivity index (χ2v) is 3.38. The standard InChI is InChI=1S/C6H5IN2O3/c1-2-3(7)5(10)4(9-12)6(11)8-2/h4H,1H3,(H,8,11). The van der Waals surface area contributed by atoms with Gasteiger partial charge in [0.15, 0.2) is 0 Å². The van der Waals surface area contributed by atoms with Gasteiger partial charge < -0.3 is 5.32 Å². The molecular weight excluding hydrogens is 275 g/mol. The van der Waals surface area contributed by atoms with Gasteiger partial charge in [0.2, 0.25) is 11.8 Å². The molecule has 1 aliphatic rings. The summed E-state index contributed by atoms with van der Waals surface area (Å²) in [5, 5.41) is 4.82. The Morgan fingerprint density at radius 3 is 2.58 bits per heavy atom. The van der Waals surface area contributed by atoms with Gasteiger partial charge in [0.25, 0.3) is 5.91 Å². The quantitative estimate of drug-likeness (QED) is 0.431. The predicted molar refractivity (Wildman–Crippen MR) is 49.5 cm³/mol. The van der Waals surface area contributed by atoms with Crippen molar-refractivity contribution in [2.75, 3.05) is 0 Å². The summed E-state index contributed by atoms with van der Waals surface area (Å²) < 4.78 is 0.358. The van der Waals surface area contributed by atoms with Crippen LogP contribution in [0.3, 0.4) is 0 Å². The topological polar surface area (TPSA) is 75.6 Å². The number of carbonyl (C=O) groups is 2. The van der Waals surface area contributed by atoms with E-state index in [0.717, 1.165) is 0 Å². The number of hydrogen-bond donors (Lipinski definition) is 1. The molecule has 1 aliphatic heterocycles. The van der Waals surface area contributed by atoms with E-state index in [1.165, 1.54) is 0 Å². The van der Waals surface area contributed by atoms with Crippen molar-refractivity contribution in [1.29, 1.82) is 0 Å². The summed E-state index contributed by atoms with van der Waals surface area (Å²) in [6.45, 7) is 1.60. The lowest BCUT2D eigenvalue weighted by Gasteiger charge is -2.16. The lowest BCUT2D eigenvalue weighted by atomic mass is 10.1. The molecule has 0 aliphatic carbocycles. The molecule has 1 amide bonds. The first-order valence-corrected chi connectivity index (χ1v) is 4.19. The van der Waals surface area contributed by atoms with Crippen molar-refractivity contribution in [2.24, 2.45) is 5.18 Å². The molecule has 1 N–H and O–H groups in total. The second-order valence-electron chi connectivity index (χ2n) is 2.30. The zero-order valence-electron chi connectivity index (χ0n) is 6.13. The number of ketones is 1. The molecule has 0 radical (unpaired) electrons. The largest absolute Gasteiger partial charge is 0.326 e. The van der Waals surface area contributed by atoms with E-state index in [0.29, 0.717) is 9.28 Å². The van der Waals surface area contributed by atoms with Crippen molar-refractivity contribution in [3.8, 4) is 0 Å². The fourth-order valence-corrected chi connectivity index (χ4v) is 1.26. The highest BCUT2D eigenvalue weighted by molar-refractivity contribution is 14.1. The van der Waals surface area contributed by atoms with E-state index in [-0.39, 0.29) is 0 Å². The summed E-state index contributed by atoms with van der Waals surface area (Å²) in [6.07, 6.45) is 0. The third-order valence-electron chi connectivity index (χ3n) is 1.46. The number of allylic oxidation sites excluding steroid dienone is 1. The fourth-order valence-electron chi connectivity index (χ4n) is 0.828. The van der Waals surface area contributed by atoms with Crippen LogP contribution in [0.5, 0.6) is 0 Å². The van der Waals surface area contributed by atoms with Crippen LogP contribution in [0.25, 0.3) is 0 Å². The number of amides is 1. The first-order chi connectivity index (χ1) is 5.57. The monoisotopic (exact) mass is 280 g/mol. The van der Waals surface area contributed by atoms with Crippen molar-refractivity contribution in [2.45, 2.75) is 13.0 Å². The Balaban J connectivity index is 3.09. The van der Waals surface area contributed by atoms with Crippen molar-refractivity contribution in [3.05, 3.63) is 14.2 Å². The molecule has 1 atom stereocenters. The predicted octanol–water partition coefficient (Wildman–Crippen LogP) is 0.487. The minimum atomic E-state index is -1.40. The number of hydrogen-bond acceptors (Lipinski definition) is 4. The van der Waals surface area contributed by atoms with Crippen LogP contribution in [0.2, 0.25) is 0 Å². The highest BCUT2D eigenvalue weighted by Crippen LogP contribution is 2.19. The summed E-state index contributed by atoms with van der Waals surface area (Å²) in [4.78, 5) is 32.2. The van der Waals surface area contributed by atoms with E-state index in [1.807, 2.05) is 0 Å². The Morgan fingerprint density at radius 1 is 1.50 bits per heavy atom. The first kappa shape index (κ1) is 9.30. The SMILES string of the molecule is CC1=C(I)C(=O)C(N=O)C(=O)N1. The van der Waals surface area contributed by atoms with Gasteiger partial charge in [0.05, 0.1) is 3.58 Å². The molecule has 64 valence electrons. The second kappa shape index (κ2) is 3.30. The molecule has 12 heavy (non-hydrogen) atoms. The molecule has 0 spiro atoms. The van der Waals surface area contributed by atoms with Gasteiger partial charge in [0.1, 0.15) is 0 Å². The van der Waals surface area contributed by atoms with Crippen LogP contribution < -0.4 is 5.32 Å². The highest BCUT2D eigenvalue weighted by Gasteiger charge is 2.34. The maximum atomic E-state index is 11.2. The number of halogens is 1. The summed E-state index contributed by atoms with van der Waals surface area (Å²) in [6, 6.07) is -1.40. The molecule has 5 nitrogen and oxygen atoms in total. The third kappa shape index (κ3) is 1.38. The van der Waals surface area contributed by atoms with E-state index >= 15 is 0 Å². The molecular formula is C6H5IN2O3. The Bertz CT molecular complexity index is 297. The fraction of sp³-hybridized carbons (Fsp3) is 0.333. The lowest BCUT2D eigenvalue weighted by Crippen LogP contribution is -2.42. The van der Waals surface area contributed by atoms with E-state index in [2.05, 4.69) is 10.5 Å². The Kier molecular flexibility index (Phi) is 2.55. The van der Waals surface area contributed by atoms with Crippen LogP contribution in [0.1, 0.15) is 6.92 Å². The van der Waals surface area contributed by atoms with Gasteiger partial charge in [-0.1, -0.05) is 0 Å². The number of carbonyl (C=O) groups excluding carboxylic acids is 2. The number of nitrogens with zero attached hydrogens (tertiary/aromatic N) is 1. The van der Waals surface area contributed by atoms with Crippen molar-refractivity contribution >= 4 is 34.3 Å². The third-order valence-corrected chi connectivity index (χ3v) is 2.80. The minimum Gasteiger partial charge on any atom is -0.326 e. The van der Waals surface area contributed by atoms with Crippen molar-refractivity contribution < 1.29 is 9.59 Å². The molecule has 1 rings (SSSR count). The van der Waals surface area contributed by atoms with Crippen LogP contribution in [-0.4, -0.2) is 17.7 Å². The Labute approximate surface area is 81.7 Å². The zero-order chi connectivity index (χ0) is 9.30. The van der Waals surface area contributed by atoms with E-state index in [4.69, 9.17) is 0 Å². The normalized spacial score (nSPS) is 24.0. The molecule has 0 fully saturated rings. The van der Waals surface area contributed by atoms with Gasteiger partial charge in [-0.05, 0) is 34.7 Å². The van der Waals surface area contributed by atoms with E-state index in [1.54, 1.807) is 29.5 Å². The molecule has 0 aromatic rings. The van der Waals surface area contributed by atoms with E-state index in [9.17, 15) is 14.5 Å². The van der Waals surface area contributed by atoms with Gasteiger partial charge in [-0.15, -0.1) is 4.91 Å².